The third-order valence-corrected chi connectivity index (χ3v) is 4.46. The molecule has 0 aromatic carbocycles. The number of aryl methyl sites for hydroxylation is 2. The minimum atomic E-state index is 0.261. The van der Waals surface area contributed by atoms with E-state index in [9.17, 15) is 0 Å². The second-order valence-corrected chi connectivity index (χ2v) is 6.49. The number of hydrogen-bond acceptors (Lipinski definition) is 4. The Morgan fingerprint density at radius 1 is 1.50 bits per heavy atom. The molecule has 102 valence electrons. The maximum Gasteiger partial charge on any atom is 0.113 e. The van der Waals surface area contributed by atoms with Crippen LogP contribution in [-0.4, -0.2) is 23.7 Å². The van der Waals surface area contributed by atoms with Crippen molar-refractivity contribution in [2.75, 3.05) is 6.61 Å². The second kappa shape index (κ2) is 6.13. The van der Waals surface area contributed by atoms with E-state index in [2.05, 4.69) is 33.0 Å². The van der Waals surface area contributed by atoms with Crippen molar-refractivity contribution < 1.29 is 4.74 Å². The van der Waals surface area contributed by atoms with Gasteiger partial charge in [-0.05, 0) is 26.2 Å². The summed E-state index contributed by atoms with van der Waals surface area (Å²) in [6.07, 6.45) is 3.63. The Balaban J connectivity index is 2.20. The van der Waals surface area contributed by atoms with E-state index in [4.69, 9.17) is 9.72 Å². The van der Waals surface area contributed by atoms with Gasteiger partial charge in [-0.2, -0.15) is 0 Å². The summed E-state index contributed by atoms with van der Waals surface area (Å²) in [6, 6.07) is 0.713. The summed E-state index contributed by atoms with van der Waals surface area (Å²) in [7, 11) is 0. The van der Waals surface area contributed by atoms with Crippen LogP contribution in [0.3, 0.4) is 0 Å². The zero-order valence-corrected chi connectivity index (χ0v) is 12.6. The first-order valence-electron chi connectivity index (χ1n) is 6.95. The Labute approximate surface area is 114 Å². The number of rotatable bonds is 5. The van der Waals surface area contributed by atoms with Crippen LogP contribution < -0.4 is 5.32 Å². The lowest BCUT2D eigenvalue weighted by Gasteiger charge is -2.24. The Morgan fingerprint density at radius 2 is 2.28 bits per heavy atom. The maximum atomic E-state index is 5.86. The van der Waals surface area contributed by atoms with Gasteiger partial charge in [0.2, 0.25) is 0 Å². The van der Waals surface area contributed by atoms with Crippen molar-refractivity contribution in [1.82, 2.24) is 10.3 Å². The van der Waals surface area contributed by atoms with E-state index < -0.39 is 0 Å². The molecule has 4 heteroatoms. The lowest BCUT2D eigenvalue weighted by molar-refractivity contribution is 0.0752. The standard InChI is InChI=1S/C14H24N2OS/c1-5-11-10(4)18-14(16-11)13(15-9(2)3)12-7-6-8-17-12/h9,12-13,15H,5-8H2,1-4H3. The molecule has 1 saturated heterocycles. The Kier molecular flexibility index (Phi) is 4.76. The van der Waals surface area contributed by atoms with Gasteiger partial charge in [-0.25, -0.2) is 4.98 Å². The first-order valence-corrected chi connectivity index (χ1v) is 7.77. The molecule has 0 spiro atoms. The molecule has 2 rings (SSSR count). The molecule has 0 radical (unpaired) electrons. The minimum Gasteiger partial charge on any atom is -0.376 e. The molecule has 1 aliphatic heterocycles. The number of thiazole rings is 1. The van der Waals surface area contributed by atoms with E-state index in [-0.39, 0.29) is 6.04 Å². The second-order valence-electron chi connectivity index (χ2n) is 5.26. The topological polar surface area (TPSA) is 34.2 Å². The Hall–Kier alpha value is -0.450. The van der Waals surface area contributed by atoms with Crippen LogP contribution in [0.25, 0.3) is 0 Å². The molecule has 2 heterocycles. The predicted molar refractivity (Wildman–Crippen MR) is 76.2 cm³/mol. The van der Waals surface area contributed by atoms with Crippen LogP contribution in [0.5, 0.6) is 0 Å². The van der Waals surface area contributed by atoms with Crippen LogP contribution in [-0.2, 0) is 11.2 Å². The quantitative estimate of drug-likeness (QED) is 0.890. The summed E-state index contributed by atoms with van der Waals surface area (Å²) in [5.41, 5.74) is 1.24. The third-order valence-electron chi connectivity index (χ3n) is 3.36. The highest BCUT2D eigenvalue weighted by atomic mass is 32.1. The van der Waals surface area contributed by atoms with Crippen molar-refractivity contribution in [2.45, 2.75) is 65.1 Å². The van der Waals surface area contributed by atoms with Gasteiger partial charge in [0, 0.05) is 17.5 Å². The Bertz CT molecular complexity index is 383. The van der Waals surface area contributed by atoms with Crippen LogP contribution in [0, 0.1) is 6.92 Å². The SMILES string of the molecule is CCc1nc(C(NC(C)C)C2CCCO2)sc1C. The van der Waals surface area contributed by atoms with Crippen molar-refractivity contribution in [3.05, 3.63) is 15.6 Å². The van der Waals surface area contributed by atoms with E-state index in [0.29, 0.717) is 12.1 Å². The minimum absolute atomic E-state index is 0.261. The van der Waals surface area contributed by atoms with Gasteiger partial charge >= 0.3 is 0 Å². The highest BCUT2D eigenvalue weighted by molar-refractivity contribution is 7.11. The summed E-state index contributed by atoms with van der Waals surface area (Å²) in [6.45, 7) is 9.60. The lowest BCUT2D eigenvalue weighted by atomic mass is 10.1. The van der Waals surface area contributed by atoms with Gasteiger partial charge in [0.15, 0.2) is 0 Å². The molecular weight excluding hydrogens is 244 g/mol. The van der Waals surface area contributed by atoms with Crippen molar-refractivity contribution in [3.63, 3.8) is 0 Å². The first-order chi connectivity index (χ1) is 8.61. The van der Waals surface area contributed by atoms with E-state index >= 15 is 0 Å². The van der Waals surface area contributed by atoms with Gasteiger partial charge in [0.25, 0.3) is 0 Å². The fraction of sp³-hybridized carbons (Fsp3) is 0.786. The maximum absolute atomic E-state index is 5.86. The molecule has 0 bridgehead atoms. The van der Waals surface area contributed by atoms with E-state index in [1.165, 1.54) is 22.0 Å². The first kappa shape index (κ1) is 14.0. The van der Waals surface area contributed by atoms with Gasteiger partial charge < -0.3 is 10.1 Å². The number of nitrogens with one attached hydrogen (secondary N) is 1. The van der Waals surface area contributed by atoms with Crippen LogP contribution >= 0.6 is 11.3 Å². The molecule has 1 N–H and O–H groups in total. The van der Waals surface area contributed by atoms with Crippen molar-refractivity contribution in [2.24, 2.45) is 0 Å². The molecule has 3 nitrogen and oxygen atoms in total. The summed E-state index contributed by atoms with van der Waals surface area (Å²) < 4.78 is 5.86. The number of nitrogens with zero attached hydrogens (tertiary/aromatic N) is 1. The molecule has 1 aromatic heterocycles. The van der Waals surface area contributed by atoms with Gasteiger partial charge in [-0.15, -0.1) is 11.3 Å². The monoisotopic (exact) mass is 268 g/mol. The fourth-order valence-electron chi connectivity index (χ4n) is 2.47. The summed E-state index contributed by atoms with van der Waals surface area (Å²) in [5, 5.41) is 4.82. The summed E-state index contributed by atoms with van der Waals surface area (Å²) >= 11 is 1.82. The van der Waals surface area contributed by atoms with Crippen molar-refractivity contribution >= 4 is 11.3 Å². The molecule has 2 unspecified atom stereocenters. The molecule has 0 aliphatic carbocycles. The molecule has 18 heavy (non-hydrogen) atoms. The summed E-state index contributed by atoms with van der Waals surface area (Å²) in [5.74, 6) is 0. The molecule has 0 saturated carbocycles. The Morgan fingerprint density at radius 3 is 2.78 bits per heavy atom. The molecular formula is C14H24N2OS. The summed E-state index contributed by atoms with van der Waals surface area (Å²) in [4.78, 5) is 6.15. The van der Waals surface area contributed by atoms with Gasteiger partial charge in [0.1, 0.15) is 5.01 Å². The number of hydrogen-bond donors (Lipinski definition) is 1. The van der Waals surface area contributed by atoms with Crippen molar-refractivity contribution in [1.29, 1.82) is 0 Å². The highest BCUT2D eigenvalue weighted by Crippen LogP contribution is 2.31. The van der Waals surface area contributed by atoms with E-state index in [1.54, 1.807) is 0 Å². The molecule has 1 aliphatic rings. The third kappa shape index (κ3) is 3.11. The predicted octanol–water partition coefficient (Wildman–Crippen LogP) is 3.23. The zero-order chi connectivity index (χ0) is 13.1. The molecule has 2 atom stereocenters. The number of ether oxygens (including phenoxy) is 1. The largest absolute Gasteiger partial charge is 0.376 e. The smallest absolute Gasteiger partial charge is 0.113 e. The number of aromatic nitrogens is 1. The van der Waals surface area contributed by atoms with Gasteiger partial charge in [0.05, 0.1) is 17.8 Å². The normalized spacial score (nSPS) is 21.7. The van der Waals surface area contributed by atoms with Crippen LogP contribution in [0.1, 0.15) is 55.2 Å². The average molecular weight is 268 g/mol. The fourth-order valence-corrected chi connectivity index (χ4v) is 3.60. The van der Waals surface area contributed by atoms with E-state index in [1.807, 2.05) is 11.3 Å². The van der Waals surface area contributed by atoms with Crippen molar-refractivity contribution in [3.8, 4) is 0 Å². The van der Waals surface area contributed by atoms with Gasteiger partial charge in [-0.1, -0.05) is 20.8 Å². The van der Waals surface area contributed by atoms with Gasteiger partial charge in [-0.3, -0.25) is 0 Å². The molecule has 1 fully saturated rings. The molecule has 0 amide bonds. The van der Waals surface area contributed by atoms with E-state index in [0.717, 1.165) is 19.4 Å². The zero-order valence-electron chi connectivity index (χ0n) is 11.8. The lowest BCUT2D eigenvalue weighted by Crippen LogP contribution is -2.36. The highest BCUT2D eigenvalue weighted by Gasteiger charge is 2.30. The molecule has 1 aromatic rings. The van der Waals surface area contributed by atoms with Crippen LogP contribution in [0.4, 0.5) is 0 Å². The van der Waals surface area contributed by atoms with Crippen LogP contribution in [0.15, 0.2) is 0 Å². The average Bonchev–Trinajstić information content (AvgIpc) is 2.94. The van der Waals surface area contributed by atoms with Crippen LogP contribution in [0.2, 0.25) is 0 Å².